The van der Waals surface area contributed by atoms with E-state index in [1.54, 1.807) is 6.07 Å². The van der Waals surface area contributed by atoms with Crippen molar-refractivity contribution >= 4 is 16.7 Å². The van der Waals surface area contributed by atoms with Crippen molar-refractivity contribution in [3.63, 3.8) is 0 Å². The molecule has 2 N–H and O–H groups in total. The zero-order valence-electron chi connectivity index (χ0n) is 21.3. The van der Waals surface area contributed by atoms with Gasteiger partial charge >= 0.3 is 0 Å². The molecule has 1 heterocycles. The summed E-state index contributed by atoms with van der Waals surface area (Å²) < 4.78 is 0. The standard InChI is InChI=1S/C31H43NO2/c1-3-4-5-6-7-8-9-10-11-12-13-14-18-21-28(33)31-24(2)30-27(32-31)22-26(23-29(30)34)25-19-16-15-17-20-25/h15-17,19-20,22-23,32,34H,3-14,18,21H2,1-2H3. The molecule has 0 unspecified atom stereocenters. The molecule has 184 valence electrons. The third kappa shape index (κ3) is 7.48. The maximum Gasteiger partial charge on any atom is 0.179 e. The zero-order chi connectivity index (χ0) is 24.2. The molecule has 0 spiro atoms. The Labute approximate surface area is 206 Å². The van der Waals surface area contributed by atoms with Crippen LogP contribution in [0.1, 0.15) is 113 Å². The number of fused-ring (bicyclic) bond motifs is 1. The predicted octanol–water partition coefficient (Wildman–Crippen LogP) is 9.51. The number of H-pyrrole nitrogens is 1. The van der Waals surface area contributed by atoms with E-state index in [0.29, 0.717) is 12.1 Å². The van der Waals surface area contributed by atoms with Crippen molar-refractivity contribution in [3.8, 4) is 16.9 Å². The molecule has 0 saturated carbocycles. The third-order valence-electron chi connectivity index (χ3n) is 7.02. The lowest BCUT2D eigenvalue weighted by Gasteiger charge is -2.04. The summed E-state index contributed by atoms with van der Waals surface area (Å²) in [4.78, 5) is 16.2. The second kappa shape index (κ2) is 14.0. The first-order valence-corrected chi connectivity index (χ1v) is 13.6. The molecule has 0 fully saturated rings. The number of aromatic hydroxyl groups is 1. The van der Waals surface area contributed by atoms with Gasteiger partial charge < -0.3 is 10.1 Å². The van der Waals surface area contributed by atoms with Crippen molar-refractivity contribution in [2.24, 2.45) is 0 Å². The Morgan fingerprint density at radius 2 is 1.32 bits per heavy atom. The number of phenolic OH excluding ortho intramolecular Hbond substituents is 1. The molecule has 0 aliphatic carbocycles. The van der Waals surface area contributed by atoms with Crippen molar-refractivity contribution in [1.29, 1.82) is 0 Å². The van der Waals surface area contributed by atoms with Crippen LogP contribution >= 0.6 is 0 Å². The van der Waals surface area contributed by atoms with Gasteiger partial charge in [0.05, 0.1) is 11.2 Å². The average molecular weight is 462 g/mol. The number of carbonyl (C=O) groups excluding carboxylic acids is 1. The summed E-state index contributed by atoms with van der Waals surface area (Å²) in [5, 5.41) is 11.4. The van der Waals surface area contributed by atoms with E-state index in [1.807, 2.05) is 43.3 Å². The fourth-order valence-electron chi connectivity index (χ4n) is 4.98. The largest absolute Gasteiger partial charge is 0.507 e. The van der Waals surface area contributed by atoms with Gasteiger partial charge in [-0.15, -0.1) is 0 Å². The molecule has 0 saturated heterocycles. The van der Waals surface area contributed by atoms with E-state index in [9.17, 15) is 9.90 Å². The van der Waals surface area contributed by atoms with Gasteiger partial charge in [-0.25, -0.2) is 0 Å². The monoisotopic (exact) mass is 461 g/mol. The maximum atomic E-state index is 12.9. The number of nitrogens with one attached hydrogen (secondary N) is 1. The summed E-state index contributed by atoms with van der Waals surface area (Å²) in [6.07, 6.45) is 17.5. The van der Waals surface area contributed by atoms with Gasteiger partial charge in [0.1, 0.15) is 5.75 Å². The minimum Gasteiger partial charge on any atom is -0.507 e. The number of phenols is 1. The second-order valence-corrected chi connectivity index (χ2v) is 9.82. The van der Waals surface area contributed by atoms with E-state index in [0.717, 1.165) is 40.4 Å². The van der Waals surface area contributed by atoms with E-state index >= 15 is 0 Å². The van der Waals surface area contributed by atoms with Gasteiger partial charge in [0.15, 0.2) is 5.78 Å². The van der Waals surface area contributed by atoms with Crippen LogP contribution in [0.15, 0.2) is 42.5 Å². The third-order valence-corrected chi connectivity index (χ3v) is 7.02. The molecule has 0 aliphatic rings. The molecule has 3 rings (SSSR count). The highest BCUT2D eigenvalue weighted by Gasteiger charge is 2.18. The van der Waals surface area contributed by atoms with Crippen LogP contribution in [-0.2, 0) is 0 Å². The first kappa shape index (κ1) is 26.1. The van der Waals surface area contributed by atoms with Gasteiger partial charge in [0.2, 0.25) is 0 Å². The fourth-order valence-corrected chi connectivity index (χ4v) is 4.98. The molecule has 3 nitrogen and oxygen atoms in total. The Morgan fingerprint density at radius 3 is 1.91 bits per heavy atom. The van der Waals surface area contributed by atoms with Crippen molar-refractivity contribution in [2.75, 3.05) is 0 Å². The Bertz CT molecular complexity index is 1020. The predicted molar refractivity (Wildman–Crippen MR) is 145 cm³/mol. The van der Waals surface area contributed by atoms with E-state index in [2.05, 4.69) is 11.9 Å². The minimum atomic E-state index is 0.150. The summed E-state index contributed by atoms with van der Waals surface area (Å²) in [5.74, 6) is 0.377. The van der Waals surface area contributed by atoms with Crippen LogP contribution in [0.2, 0.25) is 0 Å². The Hall–Kier alpha value is -2.55. The van der Waals surface area contributed by atoms with Crippen molar-refractivity contribution in [1.82, 2.24) is 4.98 Å². The summed E-state index contributed by atoms with van der Waals surface area (Å²) >= 11 is 0. The maximum absolute atomic E-state index is 12.9. The Kier molecular flexibility index (Phi) is 10.7. The number of aryl methyl sites for hydroxylation is 1. The van der Waals surface area contributed by atoms with E-state index in [1.165, 1.54) is 70.6 Å². The Balaban J connectivity index is 1.40. The van der Waals surface area contributed by atoms with Crippen LogP contribution in [0.25, 0.3) is 22.0 Å². The summed E-state index contributed by atoms with van der Waals surface area (Å²) in [6, 6.07) is 13.8. The molecule has 3 aromatic rings. The van der Waals surface area contributed by atoms with Crippen molar-refractivity contribution < 1.29 is 9.90 Å². The van der Waals surface area contributed by atoms with Crippen LogP contribution in [0.4, 0.5) is 0 Å². The van der Waals surface area contributed by atoms with Gasteiger partial charge in [-0.3, -0.25) is 4.79 Å². The number of unbranched alkanes of at least 4 members (excludes halogenated alkanes) is 12. The molecular weight excluding hydrogens is 418 g/mol. The van der Waals surface area contributed by atoms with Crippen LogP contribution in [0.5, 0.6) is 5.75 Å². The zero-order valence-corrected chi connectivity index (χ0v) is 21.3. The number of Topliss-reactive ketones (excluding diaryl/α,β-unsaturated/α-hetero) is 1. The summed E-state index contributed by atoms with van der Waals surface area (Å²) in [5.41, 5.74) is 4.32. The number of rotatable bonds is 16. The Morgan fingerprint density at radius 1 is 0.765 bits per heavy atom. The van der Waals surface area contributed by atoms with Crippen LogP contribution < -0.4 is 0 Å². The van der Waals surface area contributed by atoms with Gasteiger partial charge in [0.25, 0.3) is 0 Å². The first-order valence-electron chi connectivity index (χ1n) is 13.6. The molecule has 0 amide bonds. The number of aromatic amines is 1. The first-order chi connectivity index (χ1) is 16.6. The second-order valence-electron chi connectivity index (χ2n) is 9.82. The van der Waals surface area contributed by atoms with Crippen molar-refractivity contribution in [3.05, 3.63) is 53.7 Å². The molecule has 34 heavy (non-hydrogen) atoms. The molecule has 0 bridgehead atoms. The van der Waals surface area contributed by atoms with Gasteiger partial charge in [-0.2, -0.15) is 0 Å². The van der Waals surface area contributed by atoms with Crippen LogP contribution in [0.3, 0.4) is 0 Å². The highest BCUT2D eigenvalue weighted by Crippen LogP contribution is 2.35. The molecule has 1 aromatic heterocycles. The minimum absolute atomic E-state index is 0.150. The highest BCUT2D eigenvalue weighted by molar-refractivity contribution is 6.04. The van der Waals surface area contributed by atoms with E-state index < -0.39 is 0 Å². The molecule has 0 radical (unpaired) electrons. The van der Waals surface area contributed by atoms with E-state index in [4.69, 9.17) is 0 Å². The molecule has 0 atom stereocenters. The van der Waals surface area contributed by atoms with Gasteiger partial charge in [-0.1, -0.05) is 114 Å². The van der Waals surface area contributed by atoms with Crippen LogP contribution in [-0.4, -0.2) is 15.9 Å². The van der Waals surface area contributed by atoms with Crippen molar-refractivity contribution in [2.45, 2.75) is 104 Å². The number of carbonyl (C=O) groups is 1. The van der Waals surface area contributed by atoms with Gasteiger partial charge in [0, 0.05) is 11.8 Å². The van der Waals surface area contributed by atoms with E-state index in [-0.39, 0.29) is 11.5 Å². The fraction of sp³-hybridized carbons (Fsp3) is 0.516. The molecule has 2 aromatic carbocycles. The topological polar surface area (TPSA) is 53.1 Å². The number of aromatic nitrogens is 1. The molecule has 0 aliphatic heterocycles. The number of benzene rings is 2. The number of hydrogen-bond donors (Lipinski definition) is 2. The van der Waals surface area contributed by atoms with Crippen LogP contribution in [0, 0.1) is 6.92 Å². The SMILES string of the molecule is CCCCCCCCCCCCCCCC(=O)c1[nH]c2cc(-c3ccccc3)cc(O)c2c1C. The smallest absolute Gasteiger partial charge is 0.179 e. The normalized spacial score (nSPS) is 11.4. The summed E-state index contributed by atoms with van der Waals surface area (Å²) in [7, 11) is 0. The molecule has 3 heteroatoms. The summed E-state index contributed by atoms with van der Waals surface area (Å²) in [6.45, 7) is 4.20. The molecular formula is C31H43NO2. The lowest BCUT2D eigenvalue weighted by Crippen LogP contribution is -2.01. The highest BCUT2D eigenvalue weighted by atomic mass is 16.3. The average Bonchev–Trinajstić information content (AvgIpc) is 3.19. The number of ketones is 1. The number of hydrogen-bond acceptors (Lipinski definition) is 2. The lowest BCUT2D eigenvalue weighted by molar-refractivity contribution is 0.0974. The lowest BCUT2D eigenvalue weighted by atomic mass is 10.0. The quantitative estimate of drug-likeness (QED) is 0.165. The van der Waals surface area contributed by atoms with Gasteiger partial charge in [-0.05, 0) is 42.2 Å².